The Labute approximate surface area is 159 Å². The van der Waals surface area contributed by atoms with Crippen molar-refractivity contribution in [3.63, 3.8) is 0 Å². The summed E-state index contributed by atoms with van der Waals surface area (Å²) >= 11 is 0. The molecule has 0 radical (unpaired) electrons. The topological polar surface area (TPSA) is 108 Å². The van der Waals surface area contributed by atoms with Crippen LogP contribution in [0.3, 0.4) is 0 Å². The van der Waals surface area contributed by atoms with Crippen molar-refractivity contribution in [2.24, 2.45) is 0 Å². The van der Waals surface area contributed by atoms with Gasteiger partial charge in [-0.2, -0.15) is 0 Å². The first-order valence-electron chi connectivity index (χ1n) is 8.44. The highest BCUT2D eigenvalue weighted by atomic mass is 19.1. The highest BCUT2D eigenvalue weighted by Crippen LogP contribution is 2.24. The maximum Gasteiger partial charge on any atom is 0.306 e. The fraction of sp³-hybridized carbons (Fsp3) is 0.211. The highest BCUT2D eigenvalue weighted by molar-refractivity contribution is 5.70. The summed E-state index contributed by atoms with van der Waals surface area (Å²) in [4.78, 5) is 22.2. The summed E-state index contributed by atoms with van der Waals surface area (Å²) in [6, 6.07) is 11.5. The number of hydrogen-bond donors (Lipinski definition) is 0. The molecule has 0 aliphatic carbocycles. The SMILES string of the molecule is C[C@H](OC(=O)CCc1ccc(F)cc1)c1nnc(-c2ccc([N+](=O)[O-])cc2)o1. The number of nitrogens with zero attached hydrogens (tertiary/aromatic N) is 3. The van der Waals surface area contributed by atoms with Crippen LogP contribution in [0.1, 0.15) is 30.9 Å². The fourth-order valence-corrected chi connectivity index (χ4v) is 2.45. The second kappa shape index (κ2) is 8.38. The molecule has 3 rings (SSSR count). The van der Waals surface area contributed by atoms with E-state index in [1.807, 2.05) is 0 Å². The highest BCUT2D eigenvalue weighted by Gasteiger charge is 2.19. The first-order chi connectivity index (χ1) is 13.4. The smallest absolute Gasteiger partial charge is 0.306 e. The van der Waals surface area contributed by atoms with E-state index in [-0.39, 0.29) is 29.7 Å². The molecule has 0 spiro atoms. The van der Waals surface area contributed by atoms with Crippen molar-refractivity contribution in [1.29, 1.82) is 0 Å². The fourth-order valence-electron chi connectivity index (χ4n) is 2.45. The number of halogens is 1. The lowest BCUT2D eigenvalue weighted by molar-refractivity contribution is -0.384. The van der Waals surface area contributed by atoms with Crippen molar-refractivity contribution in [2.45, 2.75) is 25.9 Å². The first-order valence-corrected chi connectivity index (χ1v) is 8.44. The summed E-state index contributed by atoms with van der Waals surface area (Å²) in [6.07, 6.45) is -0.205. The van der Waals surface area contributed by atoms with E-state index in [1.165, 1.54) is 36.4 Å². The molecular weight excluding hydrogens is 369 g/mol. The molecule has 0 aliphatic rings. The molecule has 0 saturated carbocycles. The standard InChI is InChI=1S/C19H16FN3O5/c1-12(27-17(24)11-4-13-2-7-15(20)8-3-13)18-21-22-19(28-18)14-5-9-16(10-6-14)23(25)26/h2-3,5-10,12H,4,11H2,1H3/t12-/m0/s1. The van der Waals surface area contributed by atoms with Gasteiger partial charge in [0, 0.05) is 24.1 Å². The molecule has 2 aromatic carbocycles. The van der Waals surface area contributed by atoms with E-state index in [2.05, 4.69) is 10.2 Å². The third kappa shape index (κ3) is 4.76. The molecule has 0 aliphatic heterocycles. The second-order valence-corrected chi connectivity index (χ2v) is 6.01. The van der Waals surface area contributed by atoms with Crippen molar-refractivity contribution in [3.8, 4) is 11.5 Å². The number of carbonyl (C=O) groups is 1. The molecule has 144 valence electrons. The van der Waals surface area contributed by atoms with Gasteiger partial charge in [-0.1, -0.05) is 12.1 Å². The van der Waals surface area contributed by atoms with Crippen LogP contribution in [0.25, 0.3) is 11.5 Å². The molecule has 1 aromatic heterocycles. The van der Waals surface area contributed by atoms with Crippen LogP contribution in [-0.4, -0.2) is 21.1 Å². The number of nitro groups is 1. The maximum absolute atomic E-state index is 12.9. The molecule has 1 atom stereocenters. The van der Waals surface area contributed by atoms with E-state index in [9.17, 15) is 19.3 Å². The Morgan fingerprint density at radius 1 is 1.18 bits per heavy atom. The minimum atomic E-state index is -0.750. The van der Waals surface area contributed by atoms with Gasteiger partial charge in [0.1, 0.15) is 5.82 Å². The van der Waals surface area contributed by atoms with Crippen LogP contribution < -0.4 is 0 Å². The first kappa shape index (κ1) is 19.2. The zero-order valence-electron chi connectivity index (χ0n) is 14.9. The Kier molecular flexibility index (Phi) is 5.73. The molecule has 9 heteroatoms. The van der Waals surface area contributed by atoms with Gasteiger partial charge in [-0.15, -0.1) is 10.2 Å². The van der Waals surface area contributed by atoms with Crippen molar-refractivity contribution in [2.75, 3.05) is 0 Å². The number of hydrogen-bond acceptors (Lipinski definition) is 7. The normalized spacial score (nSPS) is 11.8. The number of non-ortho nitro benzene ring substituents is 1. The van der Waals surface area contributed by atoms with Gasteiger partial charge >= 0.3 is 5.97 Å². The van der Waals surface area contributed by atoms with Gasteiger partial charge in [-0.25, -0.2) is 4.39 Å². The maximum atomic E-state index is 12.9. The van der Waals surface area contributed by atoms with E-state index >= 15 is 0 Å². The van der Waals surface area contributed by atoms with Gasteiger partial charge in [0.15, 0.2) is 6.10 Å². The van der Waals surface area contributed by atoms with Gasteiger partial charge < -0.3 is 9.15 Å². The predicted octanol–water partition coefficient (Wildman–Crippen LogP) is 4.02. The Bertz CT molecular complexity index is 970. The second-order valence-electron chi connectivity index (χ2n) is 6.01. The van der Waals surface area contributed by atoms with Crippen molar-refractivity contribution < 1.29 is 23.3 Å². The van der Waals surface area contributed by atoms with Gasteiger partial charge in [0.05, 0.1) is 4.92 Å². The van der Waals surface area contributed by atoms with Crippen molar-refractivity contribution in [1.82, 2.24) is 10.2 Å². The van der Waals surface area contributed by atoms with E-state index < -0.39 is 17.0 Å². The number of carbonyl (C=O) groups excluding carboxylic acids is 1. The zero-order valence-corrected chi connectivity index (χ0v) is 14.9. The molecule has 0 fully saturated rings. The van der Waals surface area contributed by atoms with Crippen LogP contribution in [0, 0.1) is 15.9 Å². The van der Waals surface area contributed by atoms with Crippen LogP contribution in [0.15, 0.2) is 52.9 Å². The van der Waals surface area contributed by atoms with Gasteiger partial charge in [0.2, 0.25) is 5.89 Å². The molecule has 0 saturated heterocycles. The molecular formula is C19H16FN3O5. The molecule has 0 unspecified atom stereocenters. The largest absolute Gasteiger partial charge is 0.453 e. The van der Waals surface area contributed by atoms with E-state index in [0.29, 0.717) is 12.0 Å². The average molecular weight is 385 g/mol. The third-order valence-corrected chi connectivity index (χ3v) is 3.95. The van der Waals surface area contributed by atoms with E-state index in [1.54, 1.807) is 19.1 Å². The number of esters is 1. The Morgan fingerprint density at radius 2 is 1.86 bits per heavy atom. The number of rotatable bonds is 7. The van der Waals surface area contributed by atoms with Crippen LogP contribution in [-0.2, 0) is 16.0 Å². The number of ether oxygens (including phenoxy) is 1. The van der Waals surface area contributed by atoms with Crippen LogP contribution >= 0.6 is 0 Å². The van der Waals surface area contributed by atoms with Crippen molar-refractivity contribution >= 4 is 11.7 Å². The molecule has 8 nitrogen and oxygen atoms in total. The summed E-state index contributed by atoms with van der Waals surface area (Å²) in [5.41, 5.74) is 1.29. The van der Waals surface area contributed by atoms with E-state index in [4.69, 9.17) is 9.15 Å². The molecule has 28 heavy (non-hydrogen) atoms. The monoisotopic (exact) mass is 385 g/mol. The Hall–Kier alpha value is -3.62. The quantitative estimate of drug-likeness (QED) is 0.343. The zero-order chi connectivity index (χ0) is 20.1. The molecule has 0 N–H and O–H groups in total. The van der Waals surface area contributed by atoms with Gasteiger partial charge in [0.25, 0.3) is 11.6 Å². The predicted molar refractivity (Wildman–Crippen MR) is 95.6 cm³/mol. The number of benzene rings is 2. The molecule has 0 bridgehead atoms. The molecule has 3 aromatic rings. The van der Waals surface area contributed by atoms with Crippen molar-refractivity contribution in [3.05, 3.63) is 75.9 Å². The van der Waals surface area contributed by atoms with Crippen LogP contribution in [0.2, 0.25) is 0 Å². The third-order valence-electron chi connectivity index (χ3n) is 3.95. The minimum Gasteiger partial charge on any atom is -0.453 e. The number of aromatic nitrogens is 2. The number of nitro benzene ring substituents is 1. The van der Waals surface area contributed by atoms with E-state index in [0.717, 1.165) is 5.56 Å². The lowest BCUT2D eigenvalue weighted by Crippen LogP contribution is -2.10. The average Bonchev–Trinajstić information content (AvgIpc) is 3.18. The lowest BCUT2D eigenvalue weighted by Gasteiger charge is -2.09. The summed E-state index contributed by atoms with van der Waals surface area (Å²) in [5, 5.41) is 18.4. The Balaban J connectivity index is 1.57. The summed E-state index contributed by atoms with van der Waals surface area (Å²) in [6.45, 7) is 1.60. The lowest BCUT2D eigenvalue weighted by atomic mass is 10.1. The van der Waals surface area contributed by atoms with Crippen LogP contribution in [0.4, 0.5) is 10.1 Å². The summed E-state index contributed by atoms with van der Waals surface area (Å²) in [5.74, 6) is -0.505. The molecule has 1 heterocycles. The summed E-state index contributed by atoms with van der Waals surface area (Å²) in [7, 11) is 0. The Morgan fingerprint density at radius 3 is 2.50 bits per heavy atom. The summed E-state index contributed by atoms with van der Waals surface area (Å²) < 4.78 is 23.7. The minimum absolute atomic E-state index is 0.0491. The van der Waals surface area contributed by atoms with Gasteiger partial charge in [-0.05, 0) is 43.2 Å². The number of aryl methyl sites for hydroxylation is 1. The molecule has 0 amide bonds. The van der Waals surface area contributed by atoms with Crippen LogP contribution in [0.5, 0.6) is 0 Å². The van der Waals surface area contributed by atoms with Gasteiger partial charge in [-0.3, -0.25) is 14.9 Å².